The molecule has 0 atom stereocenters. The lowest BCUT2D eigenvalue weighted by molar-refractivity contribution is 0.853. The van der Waals surface area contributed by atoms with E-state index in [4.69, 9.17) is 17.3 Å². The normalized spacial score (nSPS) is 10.4. The van der Waals surface area contributed by atoms with Crippen molar-refractivity contribution in [1.82, 2.24) is 9.97 Å². The molecule has 0 unspecified atom stereocenters. The van der Waals surface area contributed by atoms with Gasteiger partial charge in [-0.3, -0.25) is 4.98 Å². The van der Waals surface area contributed by atoms with Gasteiger partial charge in [-0.15, -0.1) is 0 Å². The molecular weight excluding hydrogens is 248 g/mol. The number of halogens is 1. The molecule has 18 heavy (non-hydrogen) atoms. The van der Waals surface area contributed by atoms with Crippen molar-refractivity contribution in [3.05, 3.63) is 52.9 Å². The maximum atomic E-state index is 5.97. The van der Waals surface area contributed by atoms with Crippen LogP contribution in [0.5, 0.6) is 0 Å². The van der Waals surface area contributed by atoms with Crippen LogP contribution >= 0.6 is 11.6 Å². The molecule has 1 aromatic heterocycles. The maximum absolute atomic E-state index is 5.97. The van der Waals surface area contributed by atoms with Crippen molar-refractivity contribution in [1.29, 1.82) is 0 Å². The Bertz CT molecular complexity index is 530. The summed E-state index contributed by atoms with van der Waals surface area (Å²) in [5.74, 6) is 0.806. The zero-order chi connectivity index (χ0) is 13.0. The van der Waals surface area contributed by atoms with Gasteiger partial charge in [0.1, 0.15) is 0 Å². The van der Waals surface area contributed by atoms with E-state index in [9.17, 15) is 0 Å². The van der Waals surface area contributed by atoms with E-state index in [1.54, 1.807) is 12.4 Å². The van der Waals surface area contributed by atoms with Gasteiger partial charge in [-0.2, -0.15) is 0 Å². The fourth-order valence-corrected chi connectivity index (χ4v) is 2.02. The lowest BCUT2D eigenvalue weighted by Crippen LogP contribution is -2.21. The summed E-state index contributed by atoms with van der Waals surface area (Å²) in [5, 5.41) is 0.735. The Morgan fingerprint density at radius 2 is 2.06 bits per heavy atom. The molecule has 4 nitrogen and oxygen atoms in total. The first-order valence-electron chi connectivity index (χ1n) is 5.66. The molecular formula is C13H15ClN4. The van der Waals surface area contributed by atoms with Crippen LogP contribution in [0.25, 0.3) is 0 Å². The number of aromatic nitrogens is 2. The lowest BCUT2D eigenvalue weighted by Gasteiger charge is -2.20. The van der Waals surface area contributed by atoms with Gasteiger partial charge in [0.25, 0.3) is 0 Å². The van der Waals surface area contributed by atoms with Gasteiger partial charge in [0.05, 0.1) is 5.69 Å². The zero-order valence-electron chi connectivity index (χ0n) is 10.2. The molecule has 0 aliphatic heterocycles. The van der Waals surface area contributed by atoms with Crippen LogP contribution in [0.3, 0.4) is 0 Å². The maximum Gasteiger partial charge on any atom is 0.151 e. The summed E-state index contributed by atoms with van der Waals surface area (Å²) >= 11 is 5.97. The van der Waals surface area contributed by atoms with Crippen molar-refractivity contribution in [2.45, 2.75) is 13.1 Å². The first-order chi connectivity index (χ1) is 8.70. The molecule has 0 radical (unpaired) electrons. The minimum Gasteiger partial charge on any atom is -0.354 e. The molecule has 2 aromatic rings. The lowest BCUT2D eigenvalue weighted by atomic mass is 10.2. The van der Waals surface area contributed by atoms with Gasteiger partial charge in [-0.1, -0.05) is 23.7 Å². The predicted octanol–water partition coefficient (Wildman–Crippen LogP) is 2.23. The minimum absolute atomic E-state index is 0.378. The highest BCUT2D eigenvalue weighted by atomic mass is 35.5. The van der Waals surface area contributed by atoms with Crippen LogP contribution in [-0.2, 0) is 13.1 Å². The Kier molecular flexibility index (Phi) is 4.12. The molecule has 1 aromatic carbocycles. The zero-order valence-corrected chi connectivity index (χ0v) is 10.9. The van der Waals surface area contributed by atoms with Crippen LogP contribution in [0.2, 0.25) is 5.02 Å². The van der Waals surface area contributed by atoms with Crippen LogP contribution in [0.15, 0.2) is 36.7 Å². The highest BCUT2D eigenvalue weighted by Crippen LogP contribution is 2.17. The molecule has 94 valence electrons. The van der Waals surface area contributed by atoms with Gasteiger partial charge in [0, 0.05) is 37.6 Å². The van der Waals surface area contributed by atoms with Crippen molar-refractivity contribution in [2.24, 2.45) is 5.73 Å². The van der Waals surface area contributed by atoms with E-state index in [2.05, 4.69) is 9.97 Å². The molecule has 0 aliphatic rings. The average Bonchev–Trinajstić information content (AvgIpc) is 2.38. The summed E-state index contributed by atoms with van der Waals surface area (Å²) in [6.07, 6.45) is 3.32. The standard InChI is InChI=1S/C13H15ClN4/c1-18(9-10-3-2-4-11(14)7-10)13-12(8-15)16-5-6-17-13/h2-7H,8-9,15H2,1H3. The van der Waals surface area contributed by atoms with Gasteiger partial charge in [0.15, 0.2) is 5.82 Å². The highest BCUT2D eigenvalue weighted by Gasteiger charge is 2.09. The van der Waals surface area contributed by atoms with Gasteiger partial charge >= 0.3 is 0 Å². The average molecular weight is 263 g/mol. The largest absolute Gasteiger partial charge is 0.354 e. The third kappa shape index (κ3) is 2.97. The smallest absolute Gasteiger partial charge is 0.151 e. The minimum atomic E-state index is 0.378. The summed E-state index contributed by atoms with van der Waals surface area (Å²) < 4.78 is 0. The van der Waals surface area contributed by atoms with Crippen molar-refractivity contribution >= 4 is 17.4 Å². The molecule has 0 spiro atoms. The number of hydrogen-bond donors (Lipinski definition) is 1. The second-order valence-corrected chi connectivity index (χ2v) is 4.45. The molecule has 1 heterocycles. The Labute approximate surface area is 111 Å². The summed E-state index contributed by atoms with van der Waals surface area (Å²) in [7, 11) is 1.96. The molecule has 0 saturated heterocycles. The number of nitrogens with zero attached hydrogens (tertiary/aromatic N) is 3. The fraction of sp³-hybridized carbons (Fsp3) is 0.231. The van der Waals surface area contributed by atoms with E-state index in [0.29, 0.717) is 13.1 Å². The molecule has 5 heteroatoms. The van der Waals surface area contributed by atoms with Crippen molar-refractivity contribution in [2.75, 3.05) is 11.9 Å². The van der Waals surface area contributed by atoms with E-state index in [1.807, 2.05) is 36.2 Å². The predicted molar refractivity (Wildman–Crippen MR) is 73.5 cm³/mol. The molecule has 2 N–H and O–H groups in total. The molecule has 0 saturated carbocycles. The third-order valence-corrected chi connectivity index (χ3v) is 2.85. The summed E-state index contributed by atoms with van der Waals surface area (Å²) in [4.78, 5) is 10.6. The van der Waals surface area contributed by atoms with Gasteiger partial charge < -0.3 is 10.6 Å². The Balaban J connectivity index is 2.19. The van der Waals surface area contributed by atoms with E-state index in [-0.39, 0.29) is 0 Å². The second-order valence-electron chi connectivity index (χ2n) is 4.02. The molecule has 0 bridgehead atoms. The Morgan fingerprint density at radius 1 is 1.28 bits per heavy atom. The number of hydrogen-bond acceptors (Lipinski definition) is 4. The Morgan fingerprint density at radius 3 is 2.78 bits per heavy atom. The van der Waals surface area contributed by atoms with Crippen LogP contribution in [0.4, 0.5) is 5.82 Å². The van der Waals surface area contributed by atoms with Crippen LogP contribution in [0.1, 0.15) is 11.3 Å². The van der Waals surface area contributed by atoms with Gasteiger partial charge in [0.2, 0.25) is 0 Å². The SMILES string of the molecule is CN(Cc1cccc(Cl)c1)c1nccnc1CN. The molecule has 0 fully saturated rings. The third-order valence-electron chi connectivity index (χ3n) is 2.62. The van der Waals surface area contributed by atoms with Crippen LogP contribution in [-0.4, -0.2) is 17.0 Å². The first-order valence-corrected chi connectivity index (χ1v) is 6.04. The van der Waals surface area contributed by atoms with Crippen molar-refractivity contribution in [3.63, 3.8) is 0 Å². The summed E-state index contributed by atoms with van der Waals surface area (Å²) in [5.41, 5.74) is 7.57. The monoisotopic (exact) mass is 262 g/mol. The second kappa shape index (κ2) is 5.80. The van der Waals surface area contributed by atoms with E-state index in [1.165, 1.54) is 0 Å². The first kappa shape index (κ1) is 12.8. The number of rotatable bonds is 4. The topological polar surface area (TPSA) is 55.0 Å². The van der Waals surface area contributed by atoms with Crippen molar-refractivity contribution < 1.29 is 0 Å². The van der Waals surface area contributed by atoms with Gasteiger partial charge in [-0.05, 0) is 17.7 Å². The van der Waals surface area contributed by atoms with E-state index < -0.39 is 0 Å². The number of nitrogens with two attached hydrogens (primary N) is 1. The van der Waals surface area contributed by atoms with Crippen LogP contribution < -0.4 is 10.6 Å². The van der Waals surface area contributed by atoms with E-state index >= 15 is 0 Å². The van der Waals surface area contributed by atoms with E-state index in [0.717, 1.165) is 22.1 Å². The molecule has 2 rings (SSSR count). The van der Waals surface area contributed by atoms with Crippen molar-refractivity contribution in [3.8, 4) is 0 Å². The highest BCUT2D eigenvalue weighted by molar-refractivity contribution is 6.30. The van der Waals surface area contributed by atoms with Gasteiger partial charge in [-0.25, -0.2) is 4.98 Å². The summed E-state index contributed by atoms with van der Waals surface area (Å²) in [6, 6.07) is 7.77. The number of anilines is 1. The molecule has 0 amide bonds. The molecule has 0 aliphatic carbocycles. The quantitative estimate of drug-likeness (QED) is 0.918. The van der Waals surface area contributed by atoms with Crippen LogP contribution in [0, 0.1) is 0 Å². The number of benzene rings is 1. The fourth-order valence-electron chi connectivity index (χ4n) is 1.81. The summed E-state index contributed by atoms with van der Waals surface area (Å²) in [6.45, 7) is 1.09. The Hall–Kier alpha value is -1.65.